The molecule has 162 valence electrons. The Hall–Kier alpha value is -3.38. The first kappa shape index (κ1) is 21.8. The molecule has 1 heterocycles. The second-order valence-electron chi connectivity index (χ2n) is 7.53. The zero-order chi connectivity index (χ0) is 22.7. The summed E-state index contributed by atoms with van der Waals surface area (Å²) in [5.41, 5.74) is 4.26. The molecule has 0 bridgehead atoms. The van der Waals surface area contributed by atoms with Crippen molar-refractivity contribution < 1.29 is 4.79 Å². The number of anilines is 1. The van der Waals surface area contributed by atoms with Crippen molar-refractivity contribution in [3.05, 3.63) is 94.3 Å². The molecule has 3 aromatic carbocycles. The van der Waals surface area contributed by atoms with Crippen molar-refractivity contribution in [2.24, 2.45) is 0 Å². The molecule has 1 aromatic heterocycles. The Morgan fingerprint density at radius 1 is 0.969 bits per heavy atom. The molecular weight excluding hydrogens is 418 g/mol. The molecule has 1 amide bonds. The van der Waals surface area contributed by atoms with Crippen LogP contribution in [0.4, 0.5) is 5.69 Å². The van der Waals surface area contributed by atoms with Crippen LogP contribution in [0.1, 0.15) is 18.1 Å². The summed E-state index contributed by atoms with van der Waals surface area (Å²) in [6.45, 7) is 6.54. The summed E-state index contributed by atoms with van der Waals surface area (Å²) in [5, 5.41) is 1.07. The quantitative estimate of drug-likeness (QED) is 0.306. The van der Waals surface area contributed by atoms with Gasteiger partial charge >= 0.3 is 0 Å². The maximum absolute atomic E-state index is 13.5. The summed E-state index contributed by atoms with van der Waals surface area (Å²) in [5.74, 6) is 0.150. The molecule has 0 unspecified atom stereocenters. The van der Waals surface area contributed by atoms with E-state index in [2.05, 4.69) is 0 Å². The number of fused-ring (bicyclic) bond motifs is 1. The van der Waals surface area contributed by atoms with Gasteiger partial charge in [-0.05, 0) is 62.2 Å². The molecule has 0 aliphatic heterocycles. The Balaban J connectivity index is 1.76. The number of hydrogen-bond donors (Lipinski definition) is 0. The van der Waals surface area contributed by atoms with Gasteiger partial charge in [-0.3, -0.25) is 14.2 Å². The molecule has 0 saturated carbocycles. The fourth-order valence-corrected chi connectivity index (χ4v) is 4.60. The third-order valence-corrected chi connectivity index (χ3v) is 6.50. The number of carbonyl (C=O) groups excluding carboxylic acids is 1. The van der Waals surface area contributed by atoms with Crippen molar-refractivity contribution in [2.45, 2.75) is 25.9 Å². The molecule has 0 aliphatic rings. The van der Waals surface area contributed by atoms with Crippen molar-refractivity contribution in [1.29, 1.82) is 0 Å². The van der Waals surface area contributed by atoms with Gasteiger partial charge in [0.05, 0.1) is 22.3 Å². The van der Waals surface area contributed by atoms with Crippen molar-refractivity contribution in [3.63, 3.8) is 0 Å². The monoisotopic (exact) mass is 443 g/mol. The highest BCUT2D eigenvalue weighted by Crippen LogP contribution is 2.25. The minimum absolute atomic E-state index is 0.0291. The maximum atomic E-state index is 13.5. The SMILES string of the molecule is CCN(C(=O)CSc1nc2ccccc2c(=O)n1-c1cccc(C)c1C)c1ccccc1. The van der Waals surface area contributed by atoms with Crippen LogP contribution in [-0.2, 0) is 4.79 Å². The average molecular weight is 444 g/mol. The van der Waals surface area contributed by atoms with E-state index >= 15 is 0 Å². The molecule has 4 aromatic rings. The highest BCUT2D eigenvalue weighted by Gasteiger charge is 2.19. The topological polar surface area (TPSA) is 55.2 Å². The van der Waals surface area contributed by atoms with Gasteiger partial charge in [-0.15, -0.1) is 0 Å². The summed E-state index contributed by atoms with van der Waals surface area (Å²) >= 11 is 1.29. The molecule has 4 rings (SSSR count). The lowest BCUT2D eigenvalue weighted by molar-refractivity contribution is -0.116. The van der Waals surface area contributed by atoms with Crippen LogP contribution in [0.25, 0.3) is 16.6 Å². The Bertz CT molecular complexity index is 1330. The molecule has 0 N–H and O–H groups in total. The van der Waals surface area contributed by atoms with Crippen LogP contribution in [0.5, 0.6) is 0 Å². The summed E-state index contributed by atoms with van der Waals surface area (Å²) in [6.07, 6.45) is 0. The van der Waals surface area contributed by atoms with Crippen molar-refractivity contribution in [2.75, 3.05) is 17.2 Å². The third kappa shape index (κ3) is 4.18. The van der Waals surface area contributed by atoms with Gasteiger partial charge in [-0.2, -0.15) is 0 Å². The first-order valence-electron chi connectivity index (χ1n) is 10.6. The minimum atomic E-state index is -0.130. The number of aromatic nitrogens is 2. The van der Waals surface area contributed by atoms with E-state index < -0.39 is 0 Å². The number of amides is 1. The number of rotatable bonds is 6. The number of carbonyl (C=O) groups is 1. The van der Waals surface area contributed by atoms with Crippen molar-refractivity contribution >= 4 is 34.3 Å². The molecule has 5 nitrogen and oxygen atoms in total. The highest BCUT2D eigenvalue weighted by molar-refractivity contribution is 7.99. The van der Waals surface area contributed by atoms with Gasteiger partial charge < -0.3 is 4.90 Å². The summed E-state index contributed by atoms with van der Waals surface area (Å²) in [6, 6.07) is 22.8. The average Bonchev–Trinajstić information content (AvgIpc) is 2.81. The molecule has 0 aliphatic carbocycles. The highest BCUT2D eigenvalue weighted by atomic mass is 32.2. The van der Waals surface area contributed by atoms with Crippen LogP contribution >= 0.6 is 11.8 Å². The molecule has 0 spiro atoms. The second-order valence-corrected chi connectivity index (χ2v) is 8.48. The maximum Gasteiger partial charge on any atom is 0.266 e. The number of thioether (sulfide) groups is 1. The van der Waals surface area contributed by atoms with Gasteiger partial charge in [0.2, 0.25) is 5.91 Å². The molecule has 0 atom stereocenters. The fraction of sp³-hybridized carbons (Fsp3) is 0.192. The Morgan fingerprint density at radius 2 is 1.69 bits per heavy atom. The van der Waals surface area contributed by atoms with E-state index in [9.17, 15) is 9.59 Å². The lowest BCUT2D eigenvalue weighted by Gasteiger charge is -2.21. The molecule has 0 saturated heterocycles. The lowest BCUT2D eigenvalue weighted by Crippen LogP contribution is -2.32. The predicted octanol–water partition coefficient (Wildman–Crippen LogP) is 5.15. The summed E-state index contributed by atoms with van der Waals surface area (Å²) in [4.78, 5) is 33.1. The van der Waals surface area contributed by atoms with Gasteiger partial charge in [0.15, 0.2) is 5.16 Å². The smallest absolute Gasteiger partial charge is 0.266 e. The Morgan fingerprint density at radius 3 is 2.44 bits per heavy atom. The number of nitrogens with zero attached hydrogens (tertiary/aromatic N) is 3. The zero-order valence-corrected chi connectivity index (χ0v) is 19.2. The van der Waals surface area contributed by atoms with Gasteiger partial charge in [0, 0.05) is 12.2 Å². The van der Waals surface area contributed by atoms with E-state index in [-0.39, 0.29) is 17.2 Å². The molecular formula is C26H25N3O2S. The van der Waals surface area contributed by atoms with E-state index in [4.69, 9.17) is 4.98 Å². The Kier molecular flexibility index (Phi) is 6.42. The zero-order valence-electron chi connectivity index (χ0n) is 18.4. The summed E-state index contributed by atoms with van der Waals surface area (Å²) in [7, 11) is 0. The molecule has 32 heavy (non-hydrogen) atoms. The van der Waals surface area contributed by atoms with Crippen LogP contribution in [0.3, 0.4) is 0 Å². The van der Waals surface area contributed by atoms with Crippen LogP contribution < -0.4 is 10.5 Å². The van der Waals surface area contributed by atoms with E-state index in [1.54, 1.807) is 15.5 Å². The number of aryl methyl sites for hydroxylation is 1. The summed E-state index contributed by atoms with van der Waals surface area (Å²) < 4.78 is 1.64. The number of para-hydroxylation sites is 2. The van der Waals surface area contributed by atoms with Crippen molar-refractivity contribution in [1.82, 2.24) is 9.55 Å². The first-order valence-corrected chi connectivity index (χ1v) is 11.6. The van der Waals surface area contributed by atoms with Crippen molar-refractivity contribution in [3.8, 4) is 5.69 Å². The van der Waals surface area contributed by atoms with E-state index in [1.165, 1.54) is 11.8 Å². The number of hydrogen-bond acceptors (Lipinski definition) is 4. The lowest BCUT2D eigenvalue weighted by atomic mass is 10.1. The Labute approximate surface area is 191 Å². The standard InChI is InChI=1S/C26H25N3O2S/c1-4-28(20-12-6-5-7-13-20)24(30)17-32-26-27-22-15-9-8-14-21(22)25(31)29(26)23-16-10-11-18(2)19(23)3/h5-16H,4,17H2,1-3H3. The fourth-order valence-electron chi connectivity index (χ4n) is 3.71. The van der Waals surface area contributed by atoms with Crippen LogP contribution in [0.2, 0.25) is 0 Å². The predicted molar refractivity (Wildman–Crippen MR) is 132 cm³/mol. The molecule has 6 heteroatoms. The largest absolute Gasteiger partial charge is 0.312 e. The normalized spacial score (nSPS) is 11.0. The molecule has 0 fully saturated rings. The number of benzene rings is 3. The van der Waals surface area contributed by atoms with E-state index in [1.807, 2.05) is 87.5 Å². The van der Waals surface area contributed by atoms with Crippen LogP contribution in [0, 0.1) is 13.8 Å². The first-order chi connectivity index (χ1) is 15.5. The van der Waals surface area contributed by atoms with Gasteiger partial charge in [0.25, 0.3) is 5.56 Å². The van der Waals surface area contributed by atoms with E-state index in [0.717, 1.165) is 22.5 Å². The van der Waals surface area contributed by atoms with Crippen LogP contribution in [0.15, 0.2) is 82.7 Å². The van der Waals surface area contributed by atoms with Gasteiger partial charge in [-0.25, -0.2) is 4.98 Å². The minimum Gasteiger partial charge on any atom is -0.312 e. The molecule has 0 radical (unpaired) electrons. The van der Waals surface area contributed by atoms with E-state index in [0.29, 0.717) is 22.6 Å². The van der Waals surface area contributed by atoms with Gasteiger partial charge in [-0.1, -0.05) is 54.2 Å². The third-order valence-electron chi connectivity index (χ3n) is 5.57. The second kappa shape index (κ2) is 9.40. The van der Waals surface area contributed by atoms with Crippen LogP contribution in [-0.4, -0.2) is 27.8 Å². The van der Waals surface area contributed by atoms with Gasteiger partial charge in [0.1, 0.15) is 0 Å².